The number of nitrogens with zero attached hydrogens (tertiary/aromatic N) is 3. The first-order valence-corrected chi connectivity index (χ1v) is 11.3. The molecule has 184 valence electrons. The van der Waals surface area contributed by atoms with Crippen LogP contribution < -0.4 is 10.6 Å². The molecule has 2 amide bonds. The van der Waals surface area contributed by atoms with Crippen LogP contribution in [0.5, 0.6) is 0 Å². The molecule has 0 aromatic carbocycles. The number of nitrogens with one attached hydrogen (secondary N) is 2. The Hall–Kier alpha value is -2.71. The normalized spacial score (nSPS) is 10.4. The molecular formula is C23H43N5O4. The quantitative estimate of drug-likeness (QED) is 0.675. The van der Waals surface area contributed by atoms with Crippen molar-refractivity contribution in [3.05, 3.63) is 29.2 Å². The second-order valence-corrected chi connectivity index (χ2v) is 8.22. The zero-order valence-electron chi connectivity index (χ0n) is 22.0. The van der Waals surface area contributed by atoms with E-state index in [0.717, 1.165) is 5.69 Å². The minimum atomic E-state index is -0.299. The van der Waals surface area contributed by atoms with E-state index in [1.54, 1.807) is 6.07 Å². The summed E-state index contributed by atoms with van der Waals surface area (Å²) in [5.74, 6) is 0.328. The molecule has 0 aliphatic heterocycles. The average molecular weight is 454 g/mol. The molecule has 0 saturated heterocycles. The van der Waals surface area contributed by atoms with E-state index in [0.29, 0.717) is 19.0 Å². The molecule has 32 heavy (non-hydrogen) atoms. The van der Waals surface area contributed by atoms with Crippen LogP contribution in [-0.2, 0) is 10.8 Å². The van der Waals surface area contributed by atoms with Crippen LogP contribution in [0.4, 0.5) is 0 Å². The Bertz CT molecular complexity index is 717. The van der Waals surface area contributed by atoms with Gasteiger partial charge >= 0.3 is 0 Å². The highest BCUT2D eigenvalue weighted by Crippen LogP contribution is 2.21. The highest BCUT2D eigenvalue weighted by molar-refractivity contribution is 5.91. The molecule has 0 radical (unpaired) electrons. The summed E-state index contributed by atoms with van der Waals surface area (Å²) < 4.78 is 9.92. The topological polar surface area (TPSA) is 123 Å². The SMILES string of the molecule is CC.CC.CCNC(=O)c1cc(C(C)(C)C)no1.CCNC(=O)c1noc(C(C)(C)C)n1. The lowest BCUT2D eigenvalue weighted by Gasteiger charge is -2.12. The van der Waals surface area contributed by atoms with Crippen molar-refractivity contribution >= 4 is 11.8 Å². The Morgan fingerprint density at radius 1 is 0.812 bits per heavy atom. The van der Waals surface area contributed by atoms with Gasteiger partial charge in [0, 0.05) is 30.0 Å². The molecule has 0 aliphatic rings. The Labute approximate surface area is 193 Å². The third-order valence-electron chi connectivity index (χ3n) is 3.45. The second-order valence-electron chi connectivity index (χ2n) is 8.22. The number of carbonyl (C=O) groups excluding carboxylic acids is 2. The number of rotatable bonds is 4. The van der Waals surface area contributed by atoms with Crippen LogP contribution in [0.15, 0.2) is 15.1 Å². The molecule has 2 aromatic rings. The van der Waals surface area contributed by atoms with Gasteiger partial charge in [-0.15, -0.1) is 0 Å². The first kappa shape index (κ1) is 31.5. The molecule has 0 unspecified atom stereocenters. The number of carbonyl (C=O) groups is 2. The second kappa shape index (κ2) is 15.2. The molecule has 2 N–H and O–H groups in total. The van der Waals surface area contributed by atoms with Crippen molar-refractivity contribution < 1.29 is 18.6 Å². The van der Waals surface area contributed by atoms with Gasteiger partial charge in [-0.2, -0.15) is 4.98 Å². The van der Waals surface area contributed by atoms with E-state index in [1.807, 2.05) is 83.1 Å². The fourth-order valence-corrected chi connectivity index (χ4v) is 1.84. The summed E-state index contributed by atoms with van der Waals surface area (Å²) in [4.78, 5) is 26.6. The summed E-state index contributed by atoms with van der Waals surface area (Å²) >= 11 is 0. The van der Waals surface area contributed by atoms with Gasteiger partial charge in [0.05, 0.1) is 5.69 Å². The maximum Gasteiger partial charge on any atom is 0.292 e. The van der Waals surface area contributed by atoms with Crippen LogP contribution in [0.3, 0.4) is 0 Å². The third kappa shape index (κ3) is 11.1. The molecule has 0 spiro atoms. The fraction of sp³-hybridized carbons (Fsp3) is 0.696. The van der Waals surface area contributed by atoms with Crippen molar-refractivity contribution in [2.24, 2.45) is 0 Å². The monoisotopic (exact) mass is 453 g/mol. The maximum absolute atomic E-state index is 11.3. The van der Waals surface area contributed by atoms with Gasteiger partial charge in [-0.3, -0.25) is 9.59 Å². The molecule has 0 bridgehead atoms. The summed E-state index contributed by atoms with van der Waals surface area (Å²) in [6.45, 7) is 24.7. The number of amides is 2. The Morgan fingerprint density at radius 3 is 1.69 bits per heavy atom. The van der Waals surface area contributed by atoms with Crippen LogP contribution in [-0.4, -0.2) is 40.2 Å². The highest BCUT2D eigenvalue weighted by Gasteiger charge is 2.24. The number of hydrogen-bond acceptors (Lipinski definition) is 7. The molecule has 0 aliphatic carbocycles. The smallest absolute Gasteiger partial charge is 0.292 e. The first-order chi connectivity index (χ1) is 14.9. The fourth-order valence-electron chi connectivity index (χ4n) is 1.84. The molecule has 0 fully saturated rings. The van der Waals surface area contributed by atoms with E-state index in [4.69, 9.17) is 9.05 Å². The standard InChI is InChI=1S/C10H16N2O2.C9H15N3O2.2C2H6/c1-5-11-9(13)7-6-8(12-14-7)10(2,3)4;1-5-10-7(13)6-11-8(14-12-6)9(2,3)4;2*1-2/h6H,5H2,1-4H3,(H,11,13);5H2,1-4H3,(H,10,13);2*1-2H3. The van der Waals surface area contributed by atoms with Crippen molar-refractivity contribution in [2.45, 2.75) is 93.9 Å². The molecular weight excluding hydrogens is 410 g/mol. The van der Waals surface area contributed by atoms with Gasteiger partial charge in [-0.1, -0.05) is 79.6 Å². The number of hydrogen-bond donors (Lipinski definition) is 2. The maximum atomic E-state index is 11.3. The molecule has 9 heteroatoms. The zero-order valence-corrected chi connectivity index (χ0v) is 22.0. The minimum absolute atomic E-state index is 0.0890. The summed E-state index contributed by atoms with van der Waals surface area (Å²) in [5, 5.41) is 12.7. The van der Waals surface area contributed by atoms with Gasteiger partial charge in [0.15, 0.2) is 0 Å². The van der Waals surface area contributed by atoms with E-state index < -0.39 is 0 Å². The first-order valence-electron chi connectivity index (χ1n) is 11.3. The molecule has 9 nitrogen and oxygen atoms in total. The Kier molecular flexibility index (Phi) is 14.9. The summed E-state index contributed by atoms with van der Waals surface area (Å²) in [6, 6.07) is 1.69. The van der Waals surface area contributed by atoms with E-state index in [2.05, 4.69) is 25.9 Å². The largest absolute Gasteiger partial charge is 0.351 e. The van der Waals surface area contributed by atoms with Crippen molar-refractivity contribution in [1.29, 1.82) is 0 Å². The van der Waals surface area contributed by atoms with Gasteiger partial charge in [0.1, 0.15) is 0 Å². The van der Waals surface area contributed by atoms with Crippen LogP contribution in [0.2, 0.25) is 0 Å². The lowest BCUT2D eigenvalue weighted by molar-refractivity contribution is 0.0916. The van der Waals surface area contributed by atoms with E-state index in [9.17, 15) is 9.59 Å². The summed E-state index contributed by atoms with van der Waals surface area (Å²) in [7, 11) is 0. The van der Waals surface area contributed by atoms with Gasteiger partial charge in [-0.05, 0) is 13.8 Å². The van der Waals surface area contributed by atoms with Crippen molar-refractivity contribution in [3.63, 3.8) is 0 Å². The predicted molar refractivity (Wildman–Crippen MR) is 127 cm³/mol. The third-order valence-corrected chi connectivity index (χ3v) is 3.45. The van der Waals surface area contributed by atoms with Crippen molar-refractivity contribution in [3.8, 4) is 0 Å². The van der Waals surface area contributed by atoms with Gasteiger partial charge in [-0.25, -0.2) is 0 Å². The molecule has 0 atom stereocenters. The van der Waals surface area contributed by atoms with Gasteiger partial charge in [0.2, 0.25) is 11.7 Å². The van der Waals surface area contributed by atoms with E-state index in [-0.39, 0.29) is 34.2 Å². The molecule has 2 aromatic heterocycles. The lowest BCUT2D eigenvalue weighted by atomic mass is 9.92. The van der Waals surface area contributed by atoms with E-state index in [1.165, 1.54) is 0 Å². The molecule has 2 rings (SSSR count). The van der Waals surface area contributed by atoms with Crippen LogP contribution in [0.25, 0.3) is 0 Å². The van der Waals surface area contributed by atoms with Crippen molar-refractivity contribution in [2.75, 3.05) is 13.1 Å². The Balaban J connectivity index is 0. The van der Waals surface area contributed by atoms with Gasteiger partial charge in [0.25, 0.3) is 17.6 Å². The molecule has 0 saturated carbocycles. The Morgan fingerprint density at radius 2 is 1.31 bits per heavy atom. The van der Waals surface area contributed by atoms with Crippen LogP contribution in [0, 0.1) is 0 Å². The van der Waals surface area contributed by atoms with Gasteiger partial charge < -0.3 is 19.7 Å². The van der Waals surface area contributed by atoms with Crippen LogP contribution in [0.1, 0.15) is 116 Å². The highest BCUT2D eigenvalue weighted by atomic mass is 16.5. The average Bonchev–Trinajstić information content (AvgIpc) is 3.42. The van der Waals surface area contributed by atoms with Crippen molar-refractivity contribution in [1.82, 2.24) is 25.9 Å². The minimum Gasteiger partial charge on any atom is -0.351 e. The number of aromatic nitrogens is 3. The molecule has 2 heterocycles. The van der Waals surface area contributed by atoms with E-state index >= 15 is 0 Å². The predicted octanol–water partition coefficient (Wildman–Crippen LogP) is 4.89. The zero-order chi connectivity index (χ0) is 25.5. The summed E-state index contributed by atoms with van der Waals surface area (Å²) in [5.41, 5.74) is 0.477. The summed E-state index contributed by atoms with van der Waals surface area (Å²) in [6.07, 6.45) is 0. The lowest BCUT2D eigenvalue weighted by Crippen LogP contribution is -2.24. The van der Waals surface area contributed by atoms with Crippen LogP contribution >= 0.6 is 0 Å².